The van der Waals surface area contributed by atoms with Gasteiger partial charge in [0.15, 0.2) is 0 Å². The van der Waals surface area contributed by atoms with Gasteiger partial charge in [-0.25, -0.2) is 13.1 Å². The van der Waals surface area contributed by atoms with Crippen LogP contribution in [0.5, 0.6) is 0 Å². The van der Waals surface area contributed by atoms with Gasteiger partial charge in [0.2, 0.25) is 10.0 Å². The van der Waals surface area contributed by atoms with Crippen LogP contribution >= 0.6 is 0 Å². The zero-order valence-corrected chi connectivity index (χ0v) is 11.3. The van der Waals surface area contributed by atoms with E-state index in [1.54, 1.807) is 6.07 Å². The summed E-state index contributed by atoms with van der Waals surface area (Å²) in [7, 11) is -3.20. The maximum atomic E-state index is 11.7. The molecule has 0 bridgehead atoms. The Bertz CT molecular complexity index is 481. The van der Waals surface area contributed by atoms with E-state index in [1.165, 1.54) is 0 Å². The predicted octanol–water partition coefficient (Wildman–Crippen LogP) is 1.65. The Morgan fingerprint density at radius 1 is 1.35 bits per heavy atom. The highest BCUT2D eigenvalue weighted by atomic mass is 32.2. The van der Waals surface area contributed by atoms with Crippen molar-refractivity contribution in [2.75, 3.05) is 11.5 Å². The molecule has 17 heavy (non-hydrogen) atoms. The summed E-state index contributed by atoms with van der Waals surface area (Å²) in [6.45, 7) is 5.95. The zero-order chi connectivity index (χ0) is 13.1. The molecule has 0 aliphatic rings. The van der Waals surface area contributed by atoms with Crippen LogP contribution in [0.4, 0.5) is 5.69 Å². The highest BCUT2D eigenvalue weighted by molar-refractivity contribution is 7.89. The topological polar surface area (TPSA) is 72.2 Å². The van der Waals surface area contributed by atoms with E-state index in [0.717, 1.165) is 11.1 Å². The Kier molecular flexibility index (Phi) is 4.54. The quantitative estimate of drug-likeness (QED) is 0.787. The molecule has 0 aromatic heterocycles. The van der Waals surface area contributed by atoms with Crippen LogP contribution in [-0.4, -0.2) is 14.2 Å². The van der Waals surface area contributed by atoms with E-state index in [-0.39, 0.29) is 11.7 Å². The van der Waals surface area contributed by atoms with Gasteiger partial charge in [-0.15, -0.1) is 0 Å². The SMILES string of the molecule is Cc1c(N)cccc1CNS(=O)(=O)CC(C)C. The van der Waals surface area contributed by atoms with Gasteiger partial charge in [-0.05, 0) is 30.0 Å². The van der Waals surface area contributed by atoms with Gasteiger partial charge in [0.05, 0.1) is 5.75 Å². The molecule has 0 aliphatic heterocycles. The van der Waals surface area contributed by atoms with Crippen molar-refractivity contribution in [2.24, 2.45) is 5.92 Å². The fraction of sp³-hybridized carbons (Fsp3) is 0.500. The molecule has 0 spiro atoms. The first-order valence-electron chi connectivity index (χ1n) is 5.63. The normalized spacial score (nSPS) is 12.0. The van der Waals surface area contributed by atoms with Crippen LogP contribution in [0, 0.1) is 12.8 Å². The molecule has 1 rings (SSSR count). The van der Waals surface area contributed by atoms with Gasteiger partial charge >= 0.3 is 0 Å². The molecule has 1 aromatic carbocycles. The maximum absolute atomic E-state index is 11.7. The molecule has 96 valence electrons. The molecule has 0 aliphatic carbocycles. The molecule has 4 nitrogen and oxygen atoms in total. The summed E-state index contributed by atoms with van der Waals surface area (Å²) >= 11 is 0. The summed E-state index contributed by atoms with van der Waals surface area (Å²) in [5, 5.41) is 0. The lowest BCUT2D eigenvalue weighted by molar-refractivity contribution is 0.568. The third-order valence-corrected chi connectivity index (χ3v) is 4.21. The van der Waals surface area contributed by atoms with Crippen molar-refractivity contribution in [3.8, 4) is 0 Å². The Morgan fingerprint density at radius 3 is 2.59 bits per heavy atom. The Labute approximate surface area is 103 Å². The van der Waals surface area contributed by atoms with Gasteiger partial charge in [-0.3, -0.25) is 0 Å². The molecule has 1 aromatic rings. The summed E-state index contributed by atoms with van der Waals surface area (Å²) in [4.78, 5) is 0. The molecule has 0 amide bonds. The van der Waals surface area contributed by atoms with Crippen LogP contribution in [-0.2, 0) is 16.6 Å². The second-order valence-corrected chi connectivity index (χ2v) is 6.48. The van der Waals surface area contributed by atoms with E-state index >= 15 is 0 Å². The second-order valence-electron chi connectivity index (χ2n) is 4.63. The molecule has 0 unspecified atom stereocenters. The molecular formula is C12H20N2O2S. The van der Waals surface area contributed by atoms with Gasteiger partial charge in [0.25, 0.3) is 0 Å². The molecule has 0 heterocycles. The molecule has 0 radical (unpaired) electrons. The highest BCUT2D eigenvalue weighted by Gasteiger charge is 2.13. The van der Waals surface area contributed by atoms with Crippen molar-refractivity contribution in [1.29, 1.82) is 0 Å². The molecule has 5 heteroatoms. The van der Waals surface area contributed by atoms with Crippen molar-refractivity contribution in [1.82, 2.24) is 4.72 Å². The molecular weight excluding hydrogens is 236 g/mol. The van der Waals surface area contributed by atoms with Crippen molar-refractivity contribution in [3.63, 3.8) is 0 Å². The van der Waals surface area contributed by atoms with E-state index in [9.17, 15) is 8.42 Å². The van der Waals surface area contributed by atoms with Gasteiger partial charge < -0.3 is 5.73 Å². The predicted molar refractivity (Wildman–Crippen MR) is 71.1 cm³/mol. The lowest BCUT2D eigenvalue weighted by Crippen LogP contribution is -2.28. The van der Waals surface area contributed by atoms with Gasteiger partial charge in [-0.2, -0.15) is 0 Å². The van der Waals surface area contributed by atoms with E-state index in [1.807, 2.05) is 32.9 Å². The Hall–Kier alpha value is -1.07. The monoisotopic (exact) mass is 256 g/mol. The standard InChI is InChI=1S/C12H20N2O2S/c1-9(2)8-17(15,16)14-7-11-5-4-6-12(13)10(11)3/h4-6,9,14H,7-8,13H2,1-3H3. The summed E-state index contributed by atoms with van der Waals surface area (Å²) in [6, 6.07) is 5.51. The number of anilines is 1. The van der Waals surface area contributed by atoms with Crippen molar-refractivity contribution in [3.05, 3.63) is 29.3 Å². The van der Waals surface area contributed by atoms with Crippen molar-refractivity contribution >= 4 is 15.7 Å². The minimum absolute atomic E-state index is 0.120. The number of hydrogen-bond acceptors (Lipinski definition) is 3. The van der Waals surface area contributed by atoms with Crippen LogP contribution in [0.3, 0.4) is 0 Å². The van der Waals surface area contributed by atoms with Crippen LogP contribution < -0.4 is 10.5 Å². The minimum atomic E-state index is -3.20. The summed E-state index contributed by atoms with van der Waals surface area (Å²) < 4.78 is 25.9. The minimum Gasteiger partial charge on any atom is -0.399 e. The maximum Gasteiger partial charge on any atom is 0.212 e. The van der Waals surface area contributed by atoms with E-state index in [4.69, 9.17) is 5.73 Å². The molecule has 0 saturated heterocycles. The highest BCUT2D eigenvalue weighted by Crippen LogP contribution is 2.15. The number of nitrogens with one attached hydrogen (secondary N) is 1. The second kappa shape index (κ2) is 5.51. The fourth-order valence-corrected chi connectivity index (χ4v) is 2.95. The summed E-state index contributed by atoms with van der Waals surface area (Å²) in [5.74, 6) is 0.267. The number of rotatable bonds is 5. The van der Waals surface area contributed by atoms with Crippen molar-refractivity contribution in [2.45, 2.75) is 27.3 Å². The number of sulfonamides is 1. The van der Waals surface area contributed by atoms with Gasteiger partial charge in [0, 0.05) is 12.2 Å². The summed E-state index contributed by atoms with van der Waals surface area (Å²) in [6.07, 6.45) is 0. The zero-order valence-electron chi connectivity index (χ0n) is 10.5. The smallest absolute Gasteiger partial charge is 0.212 e. The number of benzene rings is 1. The first-order valence-corrected chi connectivity index (χ1v) is 7.28. The van der Waals surface area contributed by atoms with Gasteiger partial charge in [0.1, 0.15) is 0 Å². The Balaban J connectivity index is 2.71. The molecule has 0 atom stereocenters. The van der Waals surface area contributed by atoms with Crippen LogP contribution in [0.15, 0.2) is 18.2 Å². The molecule has 3 N–H and O–H groups in total. The molecule has 0 saturated carbocycles. The number of nitrogen functional groups attached to an aromatic ring is 1. The Morgan fingerprint density at radius 2 is 2.00 bits per heavy atom. The van der Waals surface area contributed by atoms with Crippen LogP contribution in [0.2, 0.25) is 0 Å². The average Bonchev–Trinajstić information content (AvgIpc) is 2.18. The lowest BCUT2D eigenvalue weighted by Gasteiger charge is -2.11. The number of nitrogens with two attached hydrogens (primary N) is 1. The average molecular weight is 256 g/mol. The van der Waals surface area contributed by atoms with E-state index in [0.29, 0.717) is 12.2 Å². The molecule has 0 fully saturated rings. The number of hydrogen-bond donors (Lipinski definition) is 2. The van der Waals surface area contributed by atoms with Crippen LogP contribution in [0.25, 0.3) is 0 Å². The summed E-state index contributed by atoms with van der Waals surface area (Å²) in [5.41, 5.74) is 8.29. The third kappa shape index (κ3) is 4.36. The fourth-order valence-electron chi connectivity index (χ4n) is 1.58. The van der Waals surface area contributed by atoms with Crippen LogP contribution in [0.1, 0.15) is 25.0 Å². The first-order chi connectivity index (χ1) is 7.82. The lowest BCUT2D eigenvalue weighted by atomic mass is 10.1. The first kappa shape index (κ1) is 14.0. The van der Waals surface area contributed by atoms with E-state index in [2.05, 4.69) is 4.72 Å². The largest absolute Gasteiger partial charge is 0.399 e. The van der Waals surface area contributed by atoms with Crippen molar-refractivity contribution < 1.29 is 8.42 Å². The third-order valence-electron chi connectivity index (χ3n) is 2.52. The van der Waals surface area contributed by atoms with Gasteiger partial charge in [-0.1, -0.05) is 26.0 Å². The van der Waals surface area contributed by atoms with E-state index < -0.39 is 10.0 Å².